The second-order valence-electron chi connectivity index (χ2n) is 4.15. The lowest BCUT2D eigenvalue weighted by Crippen LogP contribution is -2.15. The van der Waals surface area contributed by atoms with E-state index in [1.165, 1.54) is 19.2 Å². The Labute approximate surface area is 126 Å². The van der Waals surface area contributed by atoms with E-state index in [-0.39, 0.29) is 23.0 Å². The summed E-state index contributed by atoms with van der Waals surface area (Å²) in [6, 6.07) is 11.5. The number of halogens is 2. The highest BCUT2D eigenvalue weighted by Gasteiger charge is 2.09. The molecule has 0 spiro atoms. The minimum Gasteiger partial charge on any atom is -0.496 e. The fourth-order valence-electron chi connectivity index (χ4n) is 1.74. The van der Waals surface area contributed by atoms with Crippen LogP contribution in [-0.4, -0.2) is 12.9 Å². The van der Waals surface area contributed by atoms with Gasteiger partial charge in [-0.1, -0.05) is 35.0 Å². The zero-order valence-electron chi connectivity index (χ0n) is 11.3. The second-order valence-corrected chi connectivity index (χ2v) is 4.56. The van der Waals surface area contributed by atoms with Gasteiger partial charge >= 0.3 is 0 Å². The molecule has 0 atom stereocenters. The van der Waals surface area contributed by atoms with Gasteiger partial charge in [0, 0.05) is 5.56 Å². The second kappa shape index (κ2) is 6.95. The van der Waals surface area contributed by atoms with Crippen molar-refractivity contribution < 1.29 is 14.0 Å². The van der Waals surface area contributed by atoms with Gasteiger partial charge in [-0.15, -0.1) is 0 Å². The normalized spacial score (nSPS) is 11.3. The Morgan fingerprint density at radius 1 is 1.24 bits per heavy atom. The molecule has 0 unspecified atom stereocenters. The molecular formula is C15H14ClFN2O2. The number of amidine groups is 1. The molecule has 2 rings (SSSR count). The summed E-state index contributed by atoms with van der Waals surface area (Å²) >= 11 is 5.89. The number of methoxy groups -OCH3 is 1. The van der Waals surface area contributed by atoms with E-state index < -0.39 is 5.82 Å². The molecule has 0 saturated carbocycles. The molecule has 2 N–H and O–H groups in total. The van der Waals surface area contributed by atoms with Crippen molar-refractivity contribution in [1.82, 2.24) is 0 Å². The van der Waals surface area contributed by atoms with Crippen molar-refractivity contribution in [2.24, 2.45) is 10.9 Å². The van der Waals surface area contributed by atoms with Gasteiger partial charge in [0.2, 0.25) is 0 Å². The quantitative estimate of drug-likeness (QED) is 0.523. The van der Waals surface area contributed by atoms with Crippen molar-refractivity contribution in [3.8, 4) is 5.75 Å². The summed E-state index contributed by atoms with van der Waals surface area (Å²) in [6.07, 6.45) is 0. The summed E-state index contributed by atoms with van der Waals surface area (Å²) in [5.74, 6) is 0.264. The van der Waals surface area contributed by atoms with Gasteiger partial charge in [0.25, 0.3) is 0 Å². The van der Waals surface area contributed by atoms with Crippen molar-refractivity contribution in [1.29, 1.82) is 0 Å². The standard InChI is InChI=1S/C15H14ClFN2O2/c1-20-14-8-3-2-5-10(14)15(18)19-21-9-11-12(16)6-4-7-13(11)17/h2-8H,9H2,1H3,(H2,18,19). The maximum Gasteiger partial charge on any atom is 0.174 e. The molecule has 110 valence electrons. The first-order valence-corrected chi connectivity index (χ1v) is 6.53. The van der Waals surface area contributed by atoms with Crippen molar-refractivity contribution in [2.45, 2.75) is 6.61 Å². The molecular weight excluding hydrogens is 295 g/mol. The minimum atomic E-state index is -0.450. The van der Waals surface area contributed by atoms with Crippen LogP contribution in [0.25, 0.3) is 0 Å². The van der Waals surface area contributed by atoms with Crippen LogP contribution in [0.4, 0.5) is 4.39 Å². The SMILES string of the molecule is COc1ccccc1/C(N)=N/OCc1c(F)cccc1Cl. The molecule has 6 heteroatoms. The zero-order chi connectivity index (χ0) is 15.2. The summed E-state index contributed by atoms with van der Waals surface area (Å²) in [6.45, 7) is -0.110. The average Bonchev–Trinajstić information content (AvgIpc) is 2.50. The molecule has 0 fully saturated rings. The average molecular weight is 309 g/mol. The monoisotopic (exact) mass is 308 g/mol. The number of hydrogen-bond acceptors (Lipinski definition) is 3. The largest absolute Gasteiger partial charge is 0.496 e. The lowest BCUT2D eigenvalue weighted by molar-refractivity contribution is 0.127. The summed E-state index contributed by atoms with van der Waals surface area (Å²) in [5.41, 5.74) is 6.66. The topological polar surface area (TPSA) is 56.8 Å². The van der Waals surface area contributed by atoms with Crippen LogP contribution >= 0.6 is 11.6 Å². The maximum absolute atomic E-state index is 13.6. The van der Waals surface area contributed by atoms with Gasteiger partial charge < -0.3 is 15.3 Å². The fourth-order valence-corrected chi connectivity index (χ4v) is 1.96. The molecule has 0 saturated heterocycles. The number of oxime groups is 1. The van der Waals surface area contributed by atoms with Gasteiger partial charge in [-0.05, 0) is 24.3 Å². The number of ether oxygens (including phenoxy) is 1. The van der Waals surface area contributed by atoms with E-state index in [9.17, 15) is 4.39 Å². The van der Waals surface area contributed by atoms with Gasteiger partial charge in [-0.25, -0.2) is 4.39 Å². The van der Waals surface area contributed by atoms with E-state index in [1.807, 2.05) is 6.07 Å². The third-order valence-electron chi connectivity index (χ3n) is 2.82. The molecule has 0 bridgehead atoms. The van der Waals surface area contributed by atoms with Crippen molar-refractivity contribution >= 4 is 17.4 Å². The summed E-state index contributed by atoms with van der Waals surface area (Å²) in [5, 5.41) is 4.05. The lowest BCUT2D eigenvalue weighted by Gasteiger charge is -2.08. The molecule has 0 radical (unpaired) electrons. The molecule has 2 aromatic carbocycles. The van der Waals surface area contributed by atoms with Crippen LogP contribution in [0.15, 0.2) is 47.6 Å². The Morgan fingerprint density at radius 3 is 2.71 bits per heavy atom. The number of hydrogen-bond donors (Lipinski definition) is 1. The number of nitrogens with two attached hydrogens (primary N) is 1. The predicted molar refractivity (Wildman–Crippen MR) is 79.9 cm³/mol. The van der Waals surface area contributed by atoms with Gasteiger partial charge in [-0.2, -0.15) is 0 Å². The molecule has 21 heavy (non-hydrogen) atoms. The Hall–Kier alpha value is -2.27. The van der Waals surface area contributed by atoms with Crippen LogP contribution in [-0.2, 0) is 11.4 Å². The summed E-state index contributed by atoms with van der Waals surface area (Å²) in [4.78, 5) is 5.08. The third-order valence-corrected chi connectivity index (χ3v) is 3.17. The van der Waals surface area contributed by atoms with E-state index in [0.29, 0.717) is 11.3 Å². The minimum absolute atomic E-state index is 0.110. The first kappa shape index (κ1) is 15.1. The molecule has 0 heterocycles. The highest BCUT2D eigenvalue weighted by molar-refractivity contribution is 6.31. The molecule has 0 amide bonds. The summed E-state index contributed by atoms with van der Waals surface area (Å²) in [7, 11) is 1.53. The molecule has 0 aliphatic rings. The fraction of sp³-hybridized carbons (Fsp3) is 0.133. The number of benzene rings is 2. The third kappa shape index (κ3) is 3.64. The maximum atomic E-state index is 13.6. The van der Waals surface area contributed by atoms with E-state index in [2.05, 4.69) is 5.16 Å². The van der Waals surface area contributed by atoms with Crippen LogP contribution in [0.5, 0.6) is 5.75 Å². The van der Waals surface area contributed by atoms with Gasteiger partial charge in [0.05, 0.1) is 17.7 Å². The van der Waals surface area contributed by atoms with Gasteiger partial charge in [0.15, 0.2) is 5.84 Å². The number of nitrogens with zero attached hydrogens (tertiary/aromatic N) is 1. The molecule has 2 aromatic rings. The van der Waals surface area contributed by atoms with Crippen LogP contribution in [0.3, 0.4) is 0 Å². The number of para-hydroxylation sites is 1. The first-order chi connectivity index (χ1) is 10.1. The molecule has 0 aromatic heterocycles. The number of rotatable bonds is 5. The van der Waals surface area contributed by atoms with Crippen molar-refractivity contribution in [3.63, 3.8) is 0 Å². The van der Waals surface area contributed by atoms with Crippen LogP contribution in [0, 0.1) is 5.82 Å². The van der Waals surface area contributed by atoms with Crippen molar-refractivity contribution in [2.75, 3.05) is 7.11 Å². The van der Waals surface area contributed by atoms with E-state index in [1.54, 1.807) is 24.3 Å². The molecule has 4 nitrogen and oxygen atoms in total. The van der Waals surface area contributed by atoms with E-state index in [4.69, 9.17) is 26.9 Å². The Kier molecular flexibility index (Phi) is 5.00. The molecule has 0 aliphatic carbocycles. The van der Waals surface area contributed by atoms with Gasteiger partial charge in [0.1, 0.15) is 18.2 Å². The highest BCUT2D eigenvalue weighted by atomic mass is 35.5. The Bertz CT molecular complexity index is 642. The Balaban J connectivity index is 2.11. The Morgan fingerprint density at radius 2 is 2.00 bits per heavy atom. The van der Waals surface area contributed by atoms with Crippen molar-refractivity contribution in [3.05, 3.63) is 64.4 Å². The zero-order valence-corrected chi connectivity index (χ0v) is 12.1. The first-order valence-electron chi connectivity index (χ1n) is 6.15. The van der Waals surface area contributed by atoms with Gasteiger partial charge in [-0.3, -0.25) is 0 Å². The lowest BCUT2D eigenvalue weighted by atomic mass is 10.2. The predicted octanol–water partition coefficient (Wildman–Crippen LogP) is 3.32. The summed E-state index contributed by atoms with van der Waals surface area (Å²) < 4.78 is 18.7. The molecule has 0 aliphatic heterocycles. The van der Waals surface area contributed by atoms with Crippen LogP contribution in [0.2, 0.25) is 5.02 Å². The smallest absolute Gasteiger partial charge is 0.174 e. The van der Waals surface area contributed by atoms with E-state index in [0.717, 1.165) is 0 Å². The van der Waals surface area contributed by atoms with Crippen LogP contribution in [0.1, 0.15) is 11.1 Å². The van der Waals surface area contributed by atoms with Crippen LogP contribution < -0.4 is 10.5 Å². The van der Waals surface area contributed by atoms with E-state index >= 15 is 0 Å². The highest BCUT2D eigenvalue weighted by Crippen LogP contribution is 2.20.